The molecule has 21 heavy (non-hydrogen) atoms. The molecule has 1 unspecified atom stereocenters. The third-order valence-corrected chi connectivity index (χ3v) is 6.60. The van der Waals surface area contributed by atoms with Crippen LogP contribution in [0.2, 0.25) is 12.6 Å². The SMILES string of the molecule is CC[SiH](C)c1ccc(OC)c(-c2cc(O)c(=O)n(C)c2)c1. The Morgan fingerprint density at radius 3 is 2.62 bits per heavy atom. The van der Waals surface area contributed by atoms with E-state index in [-0.39, 0.29) is 5.75 Å². The Bertz CT molecular complexity index is 683. The number of methoxy groups -OCH3 is 1. The lowest BCUT2D eigenvalue weighted by Crippen LogP contribution is -2.25. The largest absolute Gasteiger partial charge is 0.503 e. The van der Waals surface area contributed by atoms with Crippen molar-refractivity contribution in [1.29, 1.82) is 0 Å². The monoisotopic (exact) mass is 303 g/mol. The second-order valence-corrected chi connectivity index (χ2v) is 8.58. The molecule has 1 aromatic heterocycles. The van der Waals surface area contributed by atoms with E-state index in [9.17, 15) is 9.90 Å². The van der Waals surface area contributed by atoms with Gasteiger partial charge in [0.25, 0.3) is 5.56 Å². The summed E-state index contributed by atoms with van der Waals surface area (Å²) < 4.78 is 6.81. The molecule has 0 saturated carbocycles. The molecule has 0 aliphatic heterocycles. The molecule has 5 heteroatoms. The fourth-order valence-corrected chi connectivity index (χ4v) is 3.68. The van der Waals surface area contributed by atoms with E-state index >= 15 is 0 Å². The zero-order chi connectivity index (χ0) is 15.6. The molecule has 1 aromatic carbocycles. The van der Waals surface area contributed by atoms with Crippen molar-refractivity contribution in [2.75, 3.05) is 7.11 Å². The molecule has 0 amide bonds. The second kappa shape index (κ2) is 6.18. The Kier molecular flexibility index (Phi) is 4.52. The summed E-state index contributed by atoms with van der Waals surface area (Å²) in [6, 6.07) is 8.89. The quantitative estimate of drug-likeness (QED) is 0.877. The molecule has 0 aliphatic carbocycles. The van der Waals surface area contributed by atoms with Crippen LogP contribution in [-0.4, -0.2) is 25.6 Å². The summed E-state index contributed by atoms with van der Waals surface area (Å²) in [5.74, 6) is 0.498. The van der Waals surface area contributed by atoms with Gasteiger partial charge in [0.1, 0.15) is 5.75 Å². The van der Waals surface area contributed by atoms with Crippen LogP contribution in [0, 0.1) is 0 Å². The van der Waals surface area contributed by atoms with Gasteiger partial charge in [-0.25, -0.2) is 0 Å². The standard InChI is InChI=1S/C16H21NO3Si/c1-5-21(4)12-6-7-15(20-3)13(9-12)11-8-14(18)16(19)17(2)10-11/h6-10,18,21H,5H2,1-4H3. The predicted octanol–water partition coefficient (Wildman–Crippen LogP) is 1.85. The zero-order valence-electron chi connectivity index (χ0n) is 12.9. The highest BCUT2D eigenvalue weighted by atomic mass is 28.3. The Labute approximate surface area is 126 Å². The number of hydrogen-bond donors (Lipinski definition) is 1. The first-order chi connectivity index (χ1) is 9.97. The van der Waals surface area contributed by atoms with Crippen molar-refractivity contribution in [1.82, 2.24) is 4.57 Å². The fraction of sp³-hybridized carbons (Fsp3) is 0.312. The number of nitrogens with zero attached hydrogens (tertiary/aromatic N) is 1. The summed E-state index contributed by atoms with van der Waals surface area (Å²) in [4.78, 5) is 11.6. The third kappa shape index (κ3) is 3.02. The molecule has 0 spiro atoms. The summed E-state index contributed by atoms with van der Waals surface area (Å²) in [5, 5.41) is 11.1. The number of hydrogen-bond acceptors (Lipinski definition) is 3. The molecular weight excluding hydrogens is 282 g/mol. The molecule has 0 aliphatic rings. The van der Waals surface area contributed by atoms with Crippen molar-refractivity contribution in [2.45, 2.75) is 19.5 Å². The molecule has 0 saturated heterocycles. The van der Waals surface area contributed by atoms with Crippen LogP contribution in [0.25, 0.3) is 11.1 Å². The Balaban J connectivity index is 2.63. The minimum atomic E-state index is -0.944. The van der Waals surface area contributed by atoms with Crippen LogP contribution in [0.4, 0.5) is 0 Å². The van der Waals surface area contributed by atoms with Gasteiger partial charge in [-0.1, -0.05) is 36.8 Å². The molecule has 0 fully saturated rings. The Hall–Kier alpha value is -2.01. The maximum Gasteiger partial charge on any atom is 0.292 e. The number of rotatable bonds is 4. The molecular formula is C16H21NO3Si. The molecule has 0 radical (unpaired) electrons. The van der Waals surface area contributed by atoms with E-state index < -0.39 is 14.4 Å². The van der Waals surface area contributed by atoms with Crippen molar-refractivity contribution >= 4 is 14.0 Å². The average Bonchev–Trinajstić information content (AvgIpc) is 2.50. The van der Waals surface area contributed by atoms with Gasteiger partial charge in [0.2, 0.25) is 0 Å². The topological polar surface area (TPSA) is 51.5 Å². The average molecular weight is 303 g/mol. The van der Waals surface area contributed by atoms with Crippen LogP contribution >= 0.6 is 0 Å². The highest BCUT2D eigenvalue weighted by Crippen LogP contribution is 2.29. The van der Waals surface area contributed by atoms with Gasteiger partial charge in [0, 0.05) is 24.4 Å². The fourth-order valence-electron chi connectivity index (χ4n) is 2.33. The molecule has 0 bridgehead atoms. The lowest BCUT2D eigenvalue weighted by molar-refractivity contribution is 0.416. The third-order valence-electron chi connectivity index (χ3n) is 3.88. The summed E-state index contributed by atoms with van der Waals surface area (Å²) in [6.45, 7) is 4.52. The van der Waals surface area contributed by atoms with Crippen LogP contribution in [0.15, 0.2) is 35.3 Å². The van der Waals surface area contributed by atoms with Gasteiger partial charge in [-0.05, 0) is 12.1 Å². The van der Waals surface area contributed by atoms with Gasteiger partial charge in [0.15, 0.2) is 5.75 Å². The second-order valence-electron chi connectivity index (χ2n) is 5.30. The molecule has 1 heterocycles. The van der Waals surface area contributed by atoms with E-state index in [0.717, 1.165) is 16.9 Å². The number of aryl methyl sites for hydroxylation is 1. The predicted molar refractivity (Wildman–Crippen MR) is 88.5 cm³/mol. The lowest BCUT2D eigenvalue weighted by atomic mass is 10.1. The van der Waals surface area contributed by atoms with Crippen LogP contribution in [-0.2, 0) is 7.05 Å². The highest BCUT2D eigenvalue weighted by Gasteiger charge is 2.13. The summed E-state index contributed by atoms with van der Waals surface area (Å²) in [7, 11) is 2.31. The first-order valence-electron chi connectivity index (χ1n) is 7.05. The van der Waals surface area contributed by atoms with E-state index in [1.807, 2.05) is 6.07 Å². The van der Waals surface area contributed by atoms with E-state index in [1.165, 1.54) is 21.9 Å². The van der Waals surface area contributed by atoms with Crippen molar-refractivity contribution in [3.63, 3.8) is 0 Å². The van der Waals surface area contributed by atoms with Crippen molar-refractivity contribution in [2.24, 2.45) is 7.05 Å². The number of benzene rings is 1. The van der Waals surface area contributed by atoms with Crippen LogP contribution < -0.4 is 15.5 Å². The van der Waals surface area contributed by atoms with Gasteiger partial charge in [0.05, 0.1) is 15.9 Å². The number of aromatic nitrogens is 1. The molecule has 112 valence electrons. The zero-order valence-corrected chi connectivity index (χ0v) is 14.0. The van der Waals surface area contributed by atoms with Gasteiger partial charge >= 0.3 is 0 Å². The summed E-state index contributed by atoms with van der Waals surface area (Å²) in [6.07, 6.45) is 1.72. The van der Waals surface area contributed by atoms with Crippen molar-refractivity contribution < 1.29 is 9.84 Å². The first kappa shape index (κ1) is 15.4. The van der Waals surface area contributed by atoms with E-state index in [2.05, 4.69) is 25.6 Å². The molecule has 1 N–H and O–H groups in total. The van der Waals surface area contributed by atoms with E-state index in [1.54, 1.807) is 20.4 Å². The van der Waals surface area contributed by atoms with E-state index in [0.29, 0.717) is 0 Å². The normalized spacial score (nSPS) is 12.2. The van der Waals surface area contributed by atoms with Crippen LogP contribution in [0.1, 0.15) is 6.92 Å². The smallest absolute Gasteiger partial charge is 0.292 e. The summed E-state index contributed by atoms with van der Waals surface area (Å²) in [5.41, 5.74) is 1.30. The van der Waals surface area contributed by atoms with Gasteiger partial charge in [-0.15, -0.1) is 0 Å². The number of aromatic hydroxyl groups is 1. The van der Waals surface area contributed by atoms with Crippen LogP contribution in [0.3, 0.4) is 0 Å². The Morgan fingerprint density at radius 2 is 2.05 bits per heavy atom. The molecule has 2 aromatic rings. The Morgan fingerprint density at radius 1 is 1.33 bits per heavy atom. The maximum absolute atomic E-state index is 11.6. The van der Waals surface area contributed by atoms with E-state index in [4.69, 9.17) is 4.74 Å². The number of pyridine rings is 1. The van der Waals surface area contributed by atoms with Gasteiger partial charge in [-0.3, -0.25) is 4.79 Å². The summed E-state index contributed by atoms with van der Waals surface area (Å²) >= 11 is 0. The highest BCUT2D eigenvalue weighted by molar-refractivity contribution is 6.72. The van der Waals surface area contributed by atoms with Crippen molar-refractivity contribution in [3.05, 3.63) is 40.8 Å². The first-order valence-corrected chi connectivity index (χ1v) is 9.60. The van der Waals surface area contributed by atoms with Crippen LogP contribution in [0.5, 0.6) is 11.5 Å². The number of ether oxygens (including phenoxy) is 1. The van der Waals surface area contributed by atoms with Crippen molar-refractivity contribution in [3.8, 4) is 22.6 Å². The molecule has 1 atom stereocenters. The van der Waals surface area contributed by atoms with Gasteiger partial charge < -0.3 is 14.4 Å². The molecule has 4 nitrogen and oxygen atoms in total. The molecule has 2 rings (SSSR count). The minimum Gasteiger partial charge on any atom is -0.503 e. The lowest BCUT2D eigenvalue weighted by Gasteiger charge is -2.14. The minimum absolute atomic E-state index is 0.247. The maximum atomic E-state index is 11.6. The van der Waals surface area contributed by atoms with Gasteiger partial charge in [-0.2, -0.15) is 0 Å².